The highest BCUT2D eigenvalue weighted by molar-refractivity contribution is 5.92. The summed E-state index contributed by atoms with van der Waals surface area (Å²) in [7, 11) is 0. The average Bonchev–Trinajstić information content (AvgIpc) is 3.08. The maximum atomic E-state index is 13.6. The van der Waals surface area contributed by atoms with Gasteiger partial charge in [-0.15, -0.1) is 0 Å². The Balaban J connectivity index is 1.47. The molecule has 2 bridgehead atoms. The third kappa shape index (κ3) is 4.93. The molecule has 0 atom stereocenters. The summed E-state index contributed by atoms with van der Waals surface area (Å²) in [6.45, 7) is 5.46. The zero-order chi connectivity index (χ0) is 32.9. The second kappa shape index (κ2) is 11.2. The fourth-order valence-corrected chi connectivity index (χ4v) is 6.72. The molecule has 0 saturated heterocycles. The van der Waals surface area contributed by atoms with E-state index in [9.17, 15) is 19.7 Å². The first-order chi connectivity index (χ1) is 22.6. The van der Waals surface area contributed by atoms with Crippen LogP contribution in [0.3, 0.4) is 0 Å². The van der Waals surface area contributed by atoms with Gasteiger partial charge in [0, 0.05) is 29.2 Å². The molecule has 0 saturated carbocycles. The summed E-state index contributed by atoms with van der Waals surface area (Å²) in [6, 6.07) is 34.2. The number of ether oxygens (including phenoxy) is 3. The zero-order valence-electron chi connectivity index (χ0n) is 26.1. The molecule has 3 aliphatic carbocycles. The third-order valence-corrected chi connectivity index (χ3v) is 8.88. The van der Waals surface area contributed by atoms with Gasteiger partial charge in [0.15, 0.2) is 0 Å². The predicted molar refractivity (Wildman–Crippen MR) is 175 cm³/mol. The van der Waals surface area contributed by atoms with Gasteiger partial charge in [0.25, 0.3) is 5.69 Å². The Bertz CT molecular complexity index is 2000. The van der Waals surface area contributed by atoms with Crippen LogP contribution in [0.4, 0.5) is 5.69 Å². The maximum absolute atomic E-state index is 13.6. The molecule has 0 N–H and O–H groups in total. The molecule has 0 unspecified atom stereocenters. The largest absolute Gasteiger partial charge is 0.492 e. The molecule has 8 nitrogen and oxygen atoms in total. The topological polar surface area (TPSA) is 105 Å². The molecular weight excluding hydrogens is 594 g/mol. The van der Waals surface area contributed by atoms with Crippen LogP contribution >= 0.6 is 0 Å². The number of esters is 2. The van der Waals surface area contributed by atoms with E-state index in [1.165, 1.54) is 12.1 Å². The molecule has 8 rings (SSSR count). The lowest BCUT2D eigenvalue weighted by Gasteiger charge is -2.50. The molecule has 0 aliphatic heterocycles. The molecule has 47 heavy (non-hydrogen) atoms. The third-order valence-electron chi connectivity index (χ3n) is 8.88. The van der Waals surface area contributed by atoms with E-state index in [1.807, 2.05) is 30.3 Å². The van der Waals surface area contributed by atoms with Crippen molar-refractivity contribution in [1.29, 1.82) is 0 Å². The summed E-state index contributed by atoms with van der Waals surface area (Å²) in [5, 5.41) is 11.3. The van der Waals surface area contributed by atoms with Gasteiger partial charge in [0.05, 0.1) is 21.3 Å². The van der Waals surface area contributed by atoms with Gasteiger partial charge in [0.1, 0.15) is 23.9 Å². The van der Waals surface area contributed by atoms with Crippen molar-refractivity contribution < 1.29 is 28.7 Å². The number of rotatable bonds is 7. The molecule has 0 spiro atoms. The lowest BCUT2D eigenvalue weighted by molar-refractivity contribution is -0.384. The highest BCUT2D eigenvalue weighted by Crippen LogP contribution is 2.63. The van der Waals surface area contributed by atoms with Gasteiger partial charge in [-0.3, -0.25) is 14.9 Å². The normalized spacial score (nSPS) is 17.1. The van der Waals surface area contributed by atoms with Crippen LogP contribution in [0.5, 0.6) is 17.2 Å². The quantitative estimate of drug-likeness (QED) is 0.0781. The van der Waals surface area contributed by atoms with Crippen LogP contribution in [-0.4, -0.2) is 23.5 Å². The fraction of sp³-hybridized carbons (Fsp3) is 0.179. The van der Waals surface area contributed by atoms with E-state index in [0.29, 0.717) is 28.4 Å². The van der Waals surface area contributed by atoms with Crippen molar-refractivity contribution in [2.45, 2.75) is 32.1 Å². The van der Waals surface area contributed by atoms with Crippen molar-refractivity contribution in [2.24, 2.45) is 5.41 Å². The molecule has 0 aromatic heterocycles. The summed E-state index contributed by atoms with van der Waals surface area (Å²) >= 11 is 0. The summed E-state index contributed by atoms with van der Waals surface area (Å²) in [4.78, 5) is 37.8. The standard InChI is InChI=1S/C39H31NO7/c1-38(2,3)37(42)47-31-21-22-32(46-36(41)24-11-5-4-6-12-24)35-34(31)33-27-13-7-9-15-29(27)39(35,30-16-10-8-14-28(30)33)23-45-26-19-17-25(18-20-26)40(43)44/h4-22,33H,23H2,1-3H3. The number of hydrogen-bond donors (Lipinski definition) is 0. The van der Waals surface area contributed by atoms with Crippen molar-refractivity contribution in [3.8, 4) is 17.2 Å². The van der Waals surface area contributed by atoms with Crippen LogP contribution in [0.25, 0.3) is 0 Å². The summed E-state index contributed by atoms with van der Waals surface area (Å²) < 4.78 is 18.9. The maximum Gasteiger partial charge on any atom is 0.343 e. The molecule has 5 aromatic rings. The minimum Gasteiger partial charge on any atom is -0.492 e. The second-order valence-corrected chi connectivity index (χ2v) is 12.8. The minimum absolute atomic E-state index is 0.0462. The SMILES string of the molecule is CC(C)(C)C(=O)Oc1ccc(OC(=O)c2ccccc2)c2c1C1c3ccccc3C2(COc2ccc([N+](=O)[O-])cc2)c2ccccc21. The van der Waals surface area contributed by atoms with Crippen molar-refractivity contribution in [2.75, 3.05) is 6.61 Å². The first-order valence-electron chi connectivity index (χ1n) is 15.3. The smallest absolute Gasteiger partial charge is 0.343 e. The Morgan fingerprint density at radius 2 is 1.32 bits per heavy atom. The number of carbonyl (C=O) groups excluding carboxylic acids is 2. The van der Waals surface area contributed by atoms with Gasteiger partial charge in [-0.25, -0.2) is 4.79 Å². The summed E-state index contributed by atoms with van der Waals surface area (Å²) in [5.74, 6) is -0.0994. The molecule has 0 radical (unpaired) electrons. The van der Waals surface area contributed by atoms with Crippen LogP contribution in [0.2, 0.25) is 0 Å². The average molecular weight is 626 g/mol. The number of hydrogen-bond acceptors (Lipinski definition) is 7. The number of carbonyl (C=O) groups is 2. The monoisotopic (exact) mass is 625 g/mol. The molecule has 5 aromatic carbocycles. The van der Waals surface area contributed by atoms with Crippen molar-refractivity contribution in [1.82, 2.24) is 0 Å². The van der Waals surface area contributed by atoms with Gasteiger partial charge in [-0.05, 0) is 79.4 Å². The molecule has 3 aliphatic rings. The number of nitro benzene ring substituents is 1. The van der Waals surface area contributed by atoms with Crippen LogP contribution < -0.4 is 14.2 Å². The van der Waals surface area contributed by atoms with Crippen molar-refractivity contribution >= 4 is 17.6 Å². The molecule has 0 fully saturated rings. The van der Waals surface area contributed by atoms with Gasteiger partial charge < -0.3 is 14.2 Å². The Hall–Kier alpha value is -5.76. The van der Waals surface area contributed by atoms with Gasteiger partial charge >= 0.3 is 11.9 Å². The lowest BCUT2D eigenvalue weighted by Crippen LogP contribution is -2.47. The number of non-ortho nitro benzene ring substituents is 1. The molecule has 0 heterocycles. The van der Waals surface area contributed by atoms with E-state index in [-0.39, 0.29) is 18.2 Å². The van der Waals surface area contributed by atoms with E-state index in [4.69, 9.17) is 14.2 Å². The molecule has 8 heteroatoms. The summed E-state index contributed by atoms with van der Waals surface area (Å²) in [5.41, 5.74) is 3.93. The Labute approximate surface area is 271 Å². The van der Waals surface area contributed by atoms with Gasteiger partial charge in [-0.2, -0.15) is 0 Å². The number of benzene rings is 5. The van der Waals surface area contributed by atoms with Crippen molar-refractivity contribution in [3.05, 3.63) is 164 Å². The Morgan fingerprint density at radius 3 is 1.91 bits per heavy atom. The minimum atomic E-state index is -1.02. The first-order valence-corrected chi connectivity index (χ1v) is 15.3. The van der Waals surface area contributed by atoms with E-state index in [0.717, 1.165) is 27.8 Å². The molecular formula is C39H31NO7. The van der Waals surface area contributed by atoms with E-state index < -0.39 is 27.7 Å². The van der Waals surface area contributed by atoms with E-state index in [2.05, 4.69) is 24.3 Å². The van der Waals surface area contributed by atoms with Crippen LogP contribution in [0.1, 0.15) is 70.4 Å². The van der Waals surface area contributed by atoms with Gasteiger partial charge in [0.2, 0.25) is 0 Å². The van der Waals surface area contributed by atoms with E-state index in [1.54, 1.807) is 69.3 Å². The number of nitro groups is 1. The van der Waals surface area contributed by atoms with E-state index >= 15 is 0 Å². The summed E-state index contributed by atoms with van der Waals surface area (Å²) in [6.07, 6.45) is 0. The van der Waals surface area contributed by atoms with Gasteiger partial charge in [-0.1, -0.05) is 66.7 Å². The second-order valence-electron chi connectivity index (χ2n) is 12.8. The number of nitrogens with zero attached hydrogens (tertiary/aromatic N) is 1. The molecule has 0 amide bonds. The van der Waals surface area contributed by atoms with Crippen LogP contribution in [0.15, 0.2) is 115 Å². The fourth-order valence-electron chi connectivity index (χ4n) is 6.72. The molecule has 234 valence electrons. The Morgan fingerprint density at radius 1 is 0.745 bits per heavy atom. The Kier molecular flexibility index (Phi) is 7.16. The predicted octanol–water partition coefficient (Wildman–Crippen LogP) is 7.99. The van der Waals surface area contributed by atoms with Crippen LogP contribution in [0, 0.1) is 15.5 Å². The van der Waals surface area contributed by atoms with Crippen molar-refractivity contribution in [3.63, 3.8) is 0 Å². The highest BCUT2D eigenvalue weighted by Gasteiger charge is 2.55. The highest BCUT2D eigenvalue weighted by atomic mass is 16.6. The van der Waals surface area contributed by atoms with Crippen LogP contribution in [-0.2, 0) is 10.2 Å². The first kappa shape index (κ1) is 29.9. The lowest BCUT2D eigenvalue weighted by atomic mass is 9.53. The zero-order valence-corrected chi connectivity index (χ0v) is 26.1.